The predicted molar refractivity (Wildman–Crippen MR) is 154 cm³/mol. The molecule has 0 saturated carbocycles. The van der Waals surface area contributed by atoms with Gasteiger partial charge in [-0.15, -0.1) is 0 Å². The van der Waals surface area contributed by atoms with Crippen LogP contribution in [0.5, 0.6) is 0 Å². The van der Waals surface area contributed by atoms with Crippen molar-refractivity contribution >= 4 is 28.5 Å². The predicted octanol–water partition coefficient (Wildman–Crippen LogP) is 5.87. The quantitative estimate of drug-likeness (QED) is 0.245. The lowest BCUT2D eigenvalue weighted by Crippen LogP contribution is -2.48. The number of anilines is 1. The topological polar surface area (TPSA) is 80.8 Å². The Kier molecular flexibility index (Phi) is 7.01. The first-order chi connectivity index (χ1) is 19.9. The molecule has 1 saturated heterocycles. The molecule has 0 radical (unpaired) electrons. The number of aryl methyl sites for hydroxylation is 1. The highest BCUT2D eigenvalue weighted by Crippen LogP contribution is 2.29. The molecule has 8 nitrogen and oxygen atoms in total. The number of carbonyl (C=O) groups is 2. The van der Waals surface area contributed by atoms with Crippen LogP contribution in [0.25, 0.3) is 27.9 Å². The molecule has 9 heteroatoms. The van der Waals surface area contributed by atoms with Gasteiger partial charge in [0.1, 0.15) is 11.4 Å². The van der Waals surface area contributed by atoms with Gasteiger partial charge in [-0.05, 0) is 62.4 Å². The standard InChI is InChI=1S/C32H29FN4O4/c1-3-40-32(39)27-20-28(37(34-27)25-14-10-23(33)11-15-25)22-8-12-24(13-9-22)35-16-18-36(19-17-35)31(38)30-21(2)26-6-4-5-7-29(26)41-30/h4-15,20H,3,16-19H2,1-2H3. The smallest absolute Gasteiger partial charge is 0.358 e. The third-order valence-corrected chi connectivity index (χ3v) is 7.40. The van der Waals surface area contributed by atoms with Crippen molar-refractivity contribution in [3.05, 3.63) is 102 Å². The maximum atomic E-state index is 13.6. The number of hydrogen-bond donors (Lipinski definition) is 0. The lowest BCUT2D eigenvalue weighted by Gasteiger charge is -2.35. The van der Waals surface area contributed by atoms with Crippen LogP contribution in [0.3, 0.4) is 0 Å². The van der Waals surface area contributed by atoms with E-state index in [0.717, 1.165) is 27.8 Å². The number of ether oxygens (including phenoxy) is 1. The second-order valence-electron chi connectivity index (χ2n) is 9.90. The van der Waals surface area contributed by atoms with Gasteiger partial charge in [0.2, 0.25) is 0 Å². The Bertz CT molecular complexity index is 1720. The maximum absolute atomic E-state index is 13.6. The SMILES string of the molecule is CCOC(=O)c1cc(-c2ccc(N3CCN(C(=O)c4oc5ccccc5c4C)CC3)cc2)n(-c2ccc(F)cc2)n1. The second kappa shape index (κ2) is 10.9. The third kappa shape index (κ3) is 5.06. The zero-order valence-corrected chi connectivity index (χ0v) is 22.8. The number of esters is 1. The van der Waals surface area contributed by atoms with E-state index in [4.69, 9.17) is 9.15 Å². The van der Waals surface area contributed by atoms with E-state index in [0.29, 0.717) is 43.3 Å². The van der Waals surface area contributed by atoms with Gasteiger partial charge in [0.25, 0.3) is 5.91 Å². The summed E-state index contributed by atoms with van der Waals surface area (Å²) in [5.41, 5.74) is 4.95. The van der Waals surface area contributed by atoms with Gasteiger partial charge >= 0.3 is 5.97 Å². The van der Waals surface area contributed by atoms with Crippen molar-refractivity contribution in [3.8, 4) is 16.9 Å². The van der Waals surface area contributed by atoms with E-state index in [2.05, 4.69) is 10.00 Å². The van der Waals surface area contributed by atoms with Crippen molar-refractivity contribution in [1.82, 2.24) is 14.7 Å². The van der Waals surface area contributed by atoms with Crippen LogP contribution in [-0.2, 0) is 4.74 Å². The number of hydrogen-bond acceptors (Lipinski definition) is 6. The number of benzene rings is 3. The highest BCUT2D eigenvalue weighted by molar-refractivity contribution is 5.99. The summed E-state index contributed by atoms with van der Waals surface area (Å²) in [7, 11) is 0. The first kappa shape index (κ1) is 26.3. The Balaban J connectivity index is 1.19. The number of furan rings is 1. The van der Waals surface area contributed by atoms with Crippen molar-refractivity contribution < 1.29 is 23.1 Å². The van der Waals surface area contributed by atoms with Crippen molar-refractivity contribution in [2.24, 2.45) is 0 Å². The molecule has 6 rings (SSSR count). The summed E-state index contributed by atoms with van der Waals surface area (Å²) in [6.07, 6.45) is 0. The summed E-state index contributed by atoms with van der Waals surface area (Å²) in [5, 5.41) is 5.41. The lowest BCUT2D eigenvalue weighted by molar-refractivity contribution is 0.0518. The minimum absolute atomic E-state index is 0.0832. The van der Waals surface area contributed by atoms with Gasteiger partial charge < -0.3 is 19.0 Å². The molecular formula is C32H29FN4O4. The fourth-order valence-electron chi connectivity index (χ4n) is 5.20. The first-order valence-electron chi connectivity index (χ1n) is 13.6. The molecule has 41 heavy (non-hydrogen) atoms. The number of para-hydroxylation sites is 1. The van der Waals surface area contributed by atoms with Crippen LogP contribution < -0.4 is 4.90 Å². The van der Waals surface area contributed by atoms with E-state index >= 15 is 0 Å². The fourth-order valence-corrected chi connectivity index (χ4v) is 5.20. The maximum Gasteiger partial charge on any atom is 0.358 e. The minimum atomic E-state index is -0.517. The summed E-state index contributed by atoms with van der Waals surface area (Å²) in [6, 6.07) is 23.3. The number of fused-ring (bicyclic) bond motifs is 1. The van der Waals surface area contributed by atoms with E-state index in [9.17, 15) is 14.0 Å². The zero-order valence-electron chi connectivity index (χ0n) is 22.8. The normalized spacial score (nSPS) is 13.5. The molecule has 2 aromatic heterocycles. The second-order valence-corrected chi connectivity index (χ2v) is 9.90. The number of rotatable bonds is 6. The van der Waals surface area contributed by atoms with Crippen LogP contribution in [0, 0.1) is 12.7 Å². The van der Waals surface area contributed by atoms with Gasteiger partial charge in [-0.1, -0.05) is 30.3 Å². The summed E-state index contributed by atoms with van der Waals surface area (Å²) in [6.45, 7) is 6.44. The zero-order chi connectivity index (χ0) is 28.5. The van der Waals surface area contributed by atoms with Gasteiger partial charge in [0.15, 0.2) is 11.5 Å². The van der Waals surface area contributed by atoms with Crippen LogP contribution in [0.15, 0.2) is 83.3 Å². The minimum Gasteiger partial charge on any atom is -0.461 e. The van der Waals surface area contributed by atoms with Crippen LogP contribution >= 0.6 is 0 Å². The van der Waals surface area contributed by atoms with E-state index in [-0.39, 0.29) is 24.0 Å². The molecule has 1 aliphatic heterocycles. The molecule has 3 heterocycles. The van der Waals surface area contributed by atoms with Crippen LogP contribution in [0.1, 0.15) is 33.5 Å². The van der Waals surface area contributed by atoms with Crippen molar-refractivity contribution in [1.29, 1.82) is 0 Å². The summed E-state index contributed by atoms with van der Waals surface area (Å²) in [4.78, 5) is 29.7. The molecule has 0 N–H and O–H groups in total. The molecule has 0 aliphatic carbocycles. The van der Waals surface area contributed by atoms with Crippen molar-refractivity contribution in [3.63, 3.8) is 0 Å². The molecule has 1 amide bonds. The molecule has 0 spiro atoms. The van der Waals surface area contributed by atoms with Crippen molar-refractivity contribution in [2.45, 2.75) is 13.8 Å². The largest absolute Gasteiger partial charge is 0.461 e. The average molecular weight is 553 g/mol. The average Bonchev–Trinajstić information content (AvgIpc) is 3.60. The molecule has 1 aliphatic rings. The van der Waals surface area contributed by atoms with E-state index in [1.807, 2.05) is 60.4 Å². The first-order valence-corrected chi connectivity index (χ1v) is 13.6. The van der Waals surface area contributed by atoms with E-state index < -0.39 is 5.97 Å². The Labute approximate surface area is 236 Å². The van der Waals surface area contributed by atoms with Gasteiger partial charge in [-0.2, -0.15) is 5.10 Å². The van der Waals surface area contributed by atoms with Gasteiger partial charge in [0.05, 0.1) is 18.0 Å². The highest BCUT2D eigenvalue weighted by Gasteiger charge is 2.27. The Hall–Kier alpha value is -4.92. The molecule has 5 aromatic rings. The number of aromatic nitrogens is 2. The van der Waals surface area contributed by atoms with Gasteiger partial charge in [0, 0.05) is 48.4 Å². The third-order valence-electron chi connectivity index (χ3n) is 7.40. The number of nitrogens with zero attached hydrogens (tertiary/aromatic N) is 4. The Morgan fingerprint density at radius 2 is 1.61 bits per heavy atom. The number of amides is 1. The fraction of sp³-hybridized carbons (Fsp3) is 0.219. The van der Waals surface area contributed by atoms with E-state index in [1.54, 1.807) is 29.8 Å². The summed E-state index contributed by atoms with van der Waals surface area (Å²) < 4.78 is 26.2. The molecule has 208 valence electrons. The van der Waals surface area contributed by atoms with Crippen LogP contribution in [-0.4, -0.2) is 59.3 Å². The molecule has 3 aromatic carbocycles. The molecule has 1 fully saturated rings. The van der Waals surface area contributed by atoms with Gasteiger partial charge in [-0.25, -0.2) is 13.9 Å². The Morgan fingerprint density at radius 1 is 0.927 bits per heavy atom. The van der Waals surface area contributed by atoms with Crippen LogP contribution in [0.4, 0.5) is 10.1 Å². The monoisotopic (exact) mass is 552 g/mol. The van der Waals surface area contributed by atoms with Crippen LogP contribution in [0.2, 0.25) is 0 Å². The number of halogens is 1. The summed E-state index contributed by atoms with van der Waals surface area (Å²) >= 11 is 0. The highest BCUT2D eigenvalue weighted by atomic mass is 19.1. The lowest BCUT2D eigenvalue weighted by atomic mass is 10.1. The molecule has 0 bridgehead atoms. The summed E-state index contributed by atoms with van der Waals surface area (Å²) in [5.74, 6) is -0.549. The van der Waals surface area contributed by atoms with E-state index in [1.165, 1.54) is 12.1 Å². The van der Waals surface area contributed by atoms with Gasteiger partial charge in [-0.3, -0.25) is 4.79 Å². The number of carbonyl (C=O) groups excluding carboxylic acids is 2. The number of piperazine rings is 1. The van der Waals surface area contributed by atoms with Crippen molar-refractivity contribution in [2.75, 3.05) is 37.7 Å². The molecular weight excluding hydrogens is 523 g/mol. The molecule has 0 unspecified atom stereocenters. The molecule has 0 atom stereocenters. The Morgan fingerprint density at radius 3 is 2.29 bits per heavy atom.